The van der Waals surface area contributed by atoms with Gasteiger partial charge in [0.2, 0.25) is 17.7 Å². The topological polar surface area (TPSA) is 114 Å². The van der Waals surface area contributed by atoms with Crippen molar-refractivity contribution in [2.75, 3.05) is 0 Å². The minimum absolute atomic E-state index is 0.0584. The Morgan fingerprint density at radius 3 is 2.45 bits per heavy atom. The van der Waals surface area contributed by atoms with Crippen LogP contribution in [0.5, 0.6) is 0 Å². The van der Waals surface area contributed by atoms with Gasteiger partial charge in [0, 0.05) is 30.8 Å². The van der Waals surface area contributed by atoms with E-state index in [-0.39, 0.29) is 12.8 Å². The van der Waals surface area contributed by atoms with Gasteiger partial charge in [-0.2, -0.15) is 0 Å². The third-order valence-electron chi connectivity index (χ3n) is 4.75. The first-order valence-electron chi connectivity index (χ1n) is 9.77. The third kappa shape index (κ3) is 6.08. The van der Waals surface area contributed by atoms with Gasteiger partial charge in [-0.15, -0.1) is 0 Å². The maximum absolute atomic E-state index is 13.5. The molecule has 8 heteroatoms. The van der Waals surface area contributed by atoms with Gasteiger partial charge in [0.1, 0.15) is 17.9 Å². The minimum atomic E-state index is -1.02. The van der Waals surface area contributed by atoms with Crippen molar-refractivity contribution in [1.82, 2.24) is 15.6 Å². The second-order valence-electron chi connectivity index (χ2n) is 7.25. The van der Waals surface area contributed by atoms with E-state index in [9.17, 15) is 18.8 Å². The molecular formula is C23H23FN4O3. The molecule has 3 amide bonds. The van der Waals surface area contributed by atoms with Crippen LogP contribution in [-0.2, 0) is 27.2 Å². The van der Waals surface area contributed by atoms with E-state index in [1.807, 2.05) is 30.3 Å². The van der Waals surface area contributed by atoms with Crippen LogP contribution in [0.25, 0.3) is 10.9 Å². The van der Waals surface area contributed by atoms with E-state index < -0.39 is 35.6 Å². The summed E-state index contributed by atoms with van der Waals surface area (Å²) in [4.78, 5) is 40.9. The average molecular weight is 422 g/mol. The summed E-state index contributed by atoms with van der Waals surface area (Å²) in [7, 11) is 0. The third-order valence-corrected chi connectivity index (χ3v) is 4.75. The number of fused-ring (bicyclic) bond motifs is 1. The van der Waals surface area contributed by atoms with Gasteiger partial charge in [-0.3, -0.25) is 19.4 Å². The fraction of sp³-hybridized carbons (Fsp3) is 0.217. The highest BCUT2D eigenvalue weighted by atomic mass is 19.1. The van der Waals surface area contributed by atoms with Crippen molar-refractivity contribution in [3.05, 3.63) is 77.7 Å². The zero-order valence-electron chi connectivity index (χ0n) is 17.0. The highest BCUT2D eigenvalue weighted by Gasteiger charge is 2.26. The maximum atomic E-state index is 13.5. The quantitative estimate of drug-likeness (QED) is 0.512. The number of primary amides is 1. The number of benzene rings is 2. The van der Waals surface area contributed by atoms with E-state index in [0.717, 1.165) is 10.9 Å². The van der Waals surface area contributed by atoms with Crippen LogP contribution in [0.3, 0.4) is 0 Å². The molecule has 160 valence electrons. The zero-order chi connectivity index (χ0) is 22.4. The maximum Gasteiger partial charge on any atom is 0.243 e. The monoisotopic (exact) mass is 422 g/mol. The SMILES string of the molecule is CC(=O)N[C@H](Cc1cccc(F)c1)C(=O)N[C@@H](Cc1ccc2ccccc2n1)C(N)=O. The molecule has 1 heterocycles. The van der Waals surface area contributed by atoms with E-state index in [4.69, 9.17) is 5.73 Å². The molecule has 7 nitrogen and oxygen atoms in total. The Balaban J connectivity index is 1.75. The molecular weight excluding hydrogens is 399 g/mol. The van der Waals surface area contributed by atoms with E-state index in [1.54, 1.807) is 12.1 Å². The number of nitrogens with two attached hydrogens (primary N) is 1. The van der Waals surface area contributed by atoms with Crippen LogP contribution in [0.4, 0.5) is 4.39 Å². The molecule has 0 aliphatic rings. The Morgan fingerprint density at radius 1 is 0.968 bits per heavy atom. The van der Waals surface area contributed by atoms with E-state index in [1.165, 1.54) is 25.1 Å². The molecule has 0 saturated carbocycles. The number of hydrogen-bond acceptors (Lipinski definition) is 4. The lowest BCUT2D eigenvalue weighted by Gasteiger charge is -2.21. The van der Waals surface area contributed by atoms with Crippen LogP contribution in [0.1, 0.15) is 18.2 Å². The van der Waals surface area contributed by atoms with Crippen molar-refractivity contribution >= 4 is 28.6 Å². The smallest absolute Gasteiger partial charge is 0.243 e. The van der Waals surface area contributed by atoms with Crippen molar-refractivity contribution in [2.24, 2.45) is 5.73 Å². The van der Waals surface area contributed by atoms with Crippen LogP contribution < -0.4 is 16.4 Å². The molecule has 3 aromatic rings. The molecule has 0 radical (unpaired) electrons. The Bertz CT molecular complexity index is 1120. The lowest BCUT2D eigenvalue weighted by Crippen LogP contribution is -2.54. The normalized spacial score (nSPS) is 12.7. The number of carbonyl (C=O) groups excluding carboxylic acids is 3. The summed E-state index contributed by atoms with van der Waals surface area (Å²) in [6.45, 7) is 1.27. The number of halogens is 1. The second kappa shape index (κ2) is 9.80. The Morgan fingerprint density at radius 2 is 1.74 bits per heavy atom. The molecule has 0 bridgehead atoms. The lowest BCUT2D eigenvalue weighted by atomic mass is 10.0. The van der Waals surface area contributed by atoms with Crippen molar-refractivity contribution in [1.29, 1.82) is 0 Å². The minimum Gasteiger partial charge on any atom is -0.368 e. The number of para-hydroxylation sites is 1. The van der Waals surface area contributed by atoms with Gasteiger partial charge < -0.3 is 16.4 Å². The Kier molecular flexibility index (Phi) is 6.92. The molecule has 0 spiro atoms. The van der Waals surface area contributed by atoms with Crippen LogP contribution in [0, 0.1) is 5.82 Å². The van der Waals surface area contributed by atoms with E-state index >= 15 is 0 Å². The van der Waals surface area contributed by atoms with Gasteiger partial charge in [0.25, 0.3) is 0 Å². The summed E-state index contributed by atoms with van der Waals surface area (Å²) in [6.07, 6.45) is 0.154. The van der Waals surface area contributed by atoms with Gasteiger partial charge in [0.15, 0.2) is 0 Å². The Labute approximate surface area is 178 Å². The fourth-order valence-corrected chi connectivity index (χ4v) is 3.28. The van der Waals surface area contributed by atoms with Gasteiger partial charge in [-0.25, -0.2) is 4.39 Å². The van der Waals surface area contributed by atoms with Gasteiger partial charge in [-0.1, -0.05) is 36.4 Å². The predicted molar refractivity (Wildman–Crippen MR) is 114 cm³/mol. The summed E-state index contributed by atoms with van der Waals surface area (Å²) in [5.74, 6) is -2.19. The summed E-state index contributed by atoms with van der Waals surface area (Å²) in [5.41, 5.74) is 7.38. The van der Waals surface area contributed by atoms with Crippen LogP contribution in [-0.4, -0.2) is 34.8 Å². The molecule has 2 aromatic carbocycles. The zero-order valence-corrected chi connectivity index (χ0v) is 17.0. The highest BCUT2D eigenvalue weighted by molar-refractivity contribution is 5.91. The largest absolute Gasteiger partial charge is 0.368 e. The van der Waals surface area contributed by atoms with Crippen molar-refractivity contribution < 1.29 is 18.8 Å². The number of carbonyl (C=O) groups is 3. The standard InChI is InChI=1S/C23H23FN4O3/c1-14(29)26-21(12-15-5-4-7-17(24)11-15)23(31)28-20(22(25)30)13-18-10-9-16-6-2-3-8-19(16)27-18/h2-11,20-21H,12-13H2,1H3,(H2,25,30)(H,26,29)(H,28,31)/t20-,21+/m0/s1. The van der Waals surface area contributed by atoms with E-state index in [0.29, 0.717) is 11.3 Å². The average Bonchev–Trinajstić information content (AvgIpc) is 2.72. The number of nitrogens with zero attached hydrogens (tertiary/aromatic N) is 1. The first-order chi connectivity index (χ1) is 14.8. The number of nitrogens with one attached hydrogen (secondary N) is 2. The highest BCUT2D eigenvalue weighted by Crippen LogP contribution is 2.13. The summed E-state index contributed by atoms with van der Waals surface area (Å²) in [5, 5.41) is 6.08. The summed E-state index contributed by atoms with van der Waals surface area (Å²) >= 11 is 0. The van der Waals surface area contributed by atoms with Crippen LogP contribution in [0.15, 0.2) is 60.7 Å². The molecule has 0 fully saturated rings. The second-order valence-corrected chi connectivity index (χ2v) is 7.25. The van der Waals surface area contributed by atoms with Crippen molar-refractivity contribution in [3.8, 4) is 0 Å². The first-order valence-corrected chi connectivity index (χ1v) is 9.77. The molecule has 0 aliphatic heterocycles. The molecule has 31 heavy (non-hydrogen) atoms. The molecule has 4 N–H and O–H groups in total. The number of pyridine rings is 1. The van der Waals surface area contributed by atoms with Gasteiger partial charge in [-0.05, 0) is 29.8 Å². The summed E-state index contributed by atoms with van der Waals surface area (Å²) < 4.78 is 13.5. The molecule has 0 aliphatic carbocycles. The van der Waals surface area contributed by atoms with Gasteiger partial charge >= 0.3 is 0 Å². The van der Waals surface area contributed by atoms with E-state index in [2.05, 4.69) is 15.6 Å². The lowest BCUT2D eigenvalue weighted by molar-refractivity contribution is -0.130. The summed E-state index contributed by atoms with van der Waals surface area (Å²) in [6, 6.07) is 14.9. The molecule has 0 saturated heterocycles. The van der Waals surface area contributed by atoms with Crippen molar-refractivity contribution in [3.63, 3.8) is 0 Å². The fourth-order valence-electron chi connectivity index (χ4n) is 3.28. The first kappa shape index (κ1) is 21.9. The Hall–Kier alpha value is -3.81. The number of rotatable bonds is 8. The van der Waals surface area contributed by atoms with Crippen LogP contribution >= 0.6 is 0 Å². The van der Waals surface area contributed by atoms with Crippen LogP contribution in [0.2, 0.25) is 0 Å². The number of aromatic nitrogens is 1. The molecule has 3 rings (SSSR count). The molecule has 2 atom stereocenters. The van der Waals surface area contributed by atoms with Crippen molar-refractivity contribution in [2.45, 2.75) is 31.8 Å². The number of amides is 3. The molecule has 0 unspecified atom stereocenters. The number of hydrogen-bond donors (Lipinski definition) is 3. The predicted octanol–water partition coefficient (Wildman–Crippen LogP) is 1.63. The van der Waals surface area contributed by atoms with Gasteiger partial charge in [0.05, 0.1) is 5.52 Å². The molecule has 1 aromatic heterocycles.